The summed E-state index contributed by atoms with van der Waals surface area (Å²) in [5.41, 5.74) is 1.93. The second kappa shape index (κ2) is 9.89. The third kappa shape index (κ3) is 5.23. The molecule has 2 aliphatic rings. The molecule has 2 aliphatic heterocycles. The summed E-state index contributed by atoms with van der Waals surface area (Å²) in [6, 6.07) is 7.64. The van der Waals surface area contributed by atoms with Gasteiger partial charge in [0.15, 0.2) is 0 Å². The zero-order valence-corrected chi connectivity index (χ0v) is 16.9. The number of carbonyl (C=O) groups excluding carboxylic acids is 2. The maximum absolute atomic E-state index is 12.7. The Hall–Kier alpha value is -2.12. The molecule has 0 spiro atoms. The summed E-state index contributed by atoms with van der Waals surface area (Å²) in [5.74, 6) is -0.348. The van der Waals surface area contributed by atoms with Crippen LogP contribution in [-0.2, 0) is 19.1 Å². The molecule has 3 rings (SSSR count). The van der Waals surface area contributed by atoms with Crippen molar-refractivity contribution >= 4 is 23.3 Å². The second-order valence-corrected chi connectivity index (χ2v) is 7.40. The van der Waals surface area contributed by atoms with Crippen molar-refractivity contribution in [3.05, 3.63) is 24.3 Å². The minimum absolute atomic E-state index is 0.0522. The highest BCUT2D eigenvalue weighted by atomic mass is 16.5. The molecule has 7 heteroatoms. The molecule has 7 nitrogen and oxygen atoms in total. The molecule has 0 aliphatic carbocycles. The number of benzene rings is 1. The Balaban J connectivity index is 1.54. The van der Waals surface area contributed by atoms with Gasteiger partial charge in [-0.15, -0.1) is 0 Å². The van der Waals surface area contributed by atoms with Crippen molar-refractivity contribution in [1.82, 2.24) is 4.90 Å². The van der Waals surface area contributed by atoms with Crippen LogP contribution in [0.15, 0.2) is 24.3 Å². The Labute approximate surface area is 167 Å². The fourth-order valence-electron chi connectivity index (χ4n) is 3.80. The standard InChI is InChI=1S/C21H31N3O4/c1-3-28-21(26)17-5-4-10-24(15-17)16(2)20(25)22-18-6-8-19(9-7-18)23-11-13-27-14-12-23/h6-9,16-17H,3-5,10-15H2,1-2H3,(H,22,25)/t16-,17+/m0/s1. The van der Waals surface area contributed by atoms with E-state index in [0.29, 0.717) is 13.2 Å². The van der Waals surface area contributed by atoms with E-state index in [1.807, 2.05) is 38.1 Å². The molecule has 0 radical (unpaired) electrons. The Bertz CT molecular complexity index is 658. The summed E-state index contributed by atoms with van der Waals surface area (Å²) >= 11 is 0. The van der Waals surface area contributed by atoms with E-state index in [-0.39, 0.29) is 23.8 Å². The molecule has 0 saturated carbocycles. The van der Waals surface area contributed by atoms with Crippen LogP contribution in [0.1, 0.15) is 26.7 Å². The van der Waals surface area contributed by atoms with Crippen molar-refractivity contribution < 1.29 is 19.1 Å². The van der Waals surface area contributed by atoms with Gasteiger partial charge in [-0.1, -0.05) is 0 Å². The molecule has 0 aromatic heterocycles. The van der Waals surface area contributed by atoms with E-state index < -0.39 is 0 Å². The minimum Gasteiger partial charge on any atom is -0.466 e. The molecule has 1 amide bonds. The molecule has 1 aromatic carbocycles. The van der Waals surface area contributed by atoms with Crippen LogP contribution in [0.3, 0.4) is 0 Å². The molecular weight excluding hydrogens is 358 g/mol. The number of nitrogens with zero attached hydrogens (tertiary/aromatic N) is 2. The van der Waals surface area contributed by atoms with Crippen LogP contribution in [0.25, 0.3) is 0 Å². The highest BCUT2D eigenvalue weighted by Crippen LogP contribution is 2.22. The van der Waals surface area contributed by atoms with Crippen molar-refractivity contribution in [3.8, 4) is 0 Å². The number of amides is 1. The first-order valence-corrected chi connectivity index (χ1v) is 10.2. The monoisotopic (exact) mass is 389 g/mol. The van der Waals surface area contributed by atoms with E-state index in [9.17, 15) is 9.59 Å². The first kappa shape index (κ1) is 20.6. The molecule has 2 atom stereocenters. The molecule has 1 N–H and O–H groups in total. The van der Waals surface area contributed by atoms with Crippen molar-refractivity contribution in [3.63, 3.8) is 0 Å². The highest BCUT2D eigenvalue weighted by molar-refractivity contribution is 5.94. The van der Waals surface area contributed by atoms with Crippen LogP contribution < -0.4 is 10.2 Å². The zero-order chi connectivity index (χ0) is 19.9. The van der Waals surface area contributed by atoms with Crippen LogP contribution >= 0.6 is 0 Å². The van der Waals surface area contributed by atoms with E-state index in [4.69, 9.17) is 9.47 Å². The summed E-state index contributed by atoms with van der Waals surface area (Å²) in [4.78, 5) is 29.1. The third-order valence-electron chi connectivity index (χ3n) is 5.51. The Morgan fingerprint density at radius 2 is 1.93 bits per heavy atom. The number of anilines is 2. The molecule has 154 valence electrons. The van der Waals surface area contributed by atoms with Gasteiger partial charge in [-0.3, -0.25) is 14.5 Å². The normalized spacial score (nSPS) is 21.8. The number of carbonyl (C=O) groups is 2. The summed E-state index contributed by atoms with van der Waals surface area (Å²) in [7, 11) is 0. The largest absolute Gasteiger partial charge is 0.466 e. The van der Waals surface area contributed by atoms with Gasteiger partial charge >= 0.3 is 5.97 Å². The Morgan fingerprint density at radius 3 is 2.61 bits per heavy atom. The van der Waals surface area contributed by atoms with Gasteiger partial charge in [0.2, 0.25) is 5.91 Å². The average Bonchev–Trinajstić information content (AvgIpc) is 2.74. The Morgan fingerprint density at radius 1 is 1.21 bits per heavy atom. The predicted octanol–water partition coefficient (Wildman–Crippen LogP) is 2.13. The van der Waals surface area contributed by atoms with Crippen molar-refractivity contribution in [2.75, 3.05) is 56.2 Å². The predicted molar refractivity (Wildman–Crippen MR) is 108 cm³/mol. The lowest BCUT2D eigenvalue weighted by Gasteiger charge is -2.35. The molecule has 28 heavy (non-hydrogen) atoms. The fourth-order valence-corrected chi connectivity index (χ4v) is 3.80. The zero-order valence-electron chi connectivity index (χ0n) is 16.9. The van der Waals surface area contributed by atoms with Gasteiger partial charge < -0.3 is 19.7 Å². The van der Waals surface area contributed by atoms with Gasteiger partial charge in [-0.05, 0) is 57.5 Å². The van der Waals surface area contributed by atoms with Crippen LogP contribution in [0, 0.1) is 5.92 Å². The topological polar surface area (TPSA) is 71.1 Å². The molecule has 0 unspecified atom stereocenters. The van der Waals surface area contributed by atoms with Gasteiger partial charge in [-0.25, -0.2) is 0 Å². The van der Waals surface area contributed by atoms with Gasteiger partial charge in [-0.2, -0.15) is 0 Å². The van der Waals surface area contributed by atoms with Crippen LogP contribution in [0.2, 0.25) is 0 Å². The van der Waals surface area contributed by atoms with Gasteiger partial charge in [0, 0.05) is 31.0 Å². The minimum atomic E-state index is -0.295. The van der Waals surface area contributed by atoms with Gasteiger partial charge in [0.05, 0.1) is 31.8 Å². The number of hydrogen-bond donors (Lipinski definition) is 1. The van der Waals surface area contributed by atoms with Crippen molar-refractivity contribution in [1.29, 1.82) is 0 Å². The lowest BCUT2D eigenvalue weighted by molar-refractivity contribution is -0.150. The molecule has 2 fully saturated rings. The van der Waals surface area contributed by atoms with E-state index >= 15 is 0 Å². The molecule has 0 bridgehead atoms. The van der Waals surface area contributed by atoms with Crippen LogP contribution in [0.5, 0.6) is 0 Å². The number of esters is 1. The summed E-state index contributed by atoms with van der Waals surface area (Å²) < 4.78 is 10.5. The third-order valence-corrected chi connectivity index (χ3v) is 5.51. The number of piperidine rings is 1. The van der Waals surface area contributed by atoms with Crippen molar-refractivity contribution in [2.45, 2.75) is 32.7 Å². The van der Waals surface area contributed by atoms with Crippen molar-refractivity contribution in [2.24, 2.45) is 5.92 Å². The summed E-state index contributed by atoms with van der Waals surface area (Å²) in [5, 5.41) is 3.00. The first-order chi connectivity index (χ1) is 13.6. The molecular formula is C21H31N3O4. The van der Waals surface area contributed by atoms with E-state index in [1.165, 1.54) is 0 Å². The summed E-state index contributed by atoms with van der Waals surface area (Å²) in [6.07, 6.45) is 1.72. The number of hydrogen-bond acceptors (Lipinski definition) is 6. The van der Waals surface area contributed by atoms with E-state index in [1.54, 1.807) is 0 Å². The van der Waals surface area contributed by atoms with E-state index in [0.717, 1.165) is 57.1 Å². The average molecular weight is 389 g/mol. The number of likely N-dealkylation sites (tertiary alicyclic amines) is 1. The maximum atomic E-state index is 12.7. The molecule has 2 heterocycles. The molecule has 1 aromatic rings. The van der Waals surface area contributed by atoms with Crippen LogP contribution in [-0.4, -0.2) is 68.8 Å². The van der Waals surface area contributed by atoms with Gasteiger partial charge in [0.25, 0.3) is 0 Å². The number of ether oxygens (including phenoxy) is 2. The lowest BCUT2D eigenvalue weighted by atomic mass is 9.97. The lowest BCUT2D eigenvalue weighted by Crippen LogP contribution is -2.48. The van der Waals surface area contributed by atoms with E-state index in [2.05, 4.69) is 15.1 Å². The highest BCUT2D eigenvalue weighted by Gasteiger charge is 2.31. The molecule has 2 saturated heterocycles. The quantitative estimate of drug-likeness (QED) is 0.752. The SMILES string of the molecule is CCOC(=O)[C@@H]1CCCN([C@@H](C)C(=O)Nc2ccc(N3CCOCC3)cc2)C1. The smallest absolute Gasteiger partial charge is 0.310 e. The number of rotatable bonds is 6. The second-order valence-electron chi connectivity index (χ2n) is 7.40. The number of nitrogens with one attached hydrogen (secondary N) is 1. The first-order valence-electron chi connectivity index (χ1n) is 10.2. The Kier molecular flexibility index (Phi) is 7.28. The summed E-state index contributed by atoms with van der Waals surface area (Å²) in [6.45, 7) is 8.77. The van der Waals surface area contributed by atoms with Crippen LogP contribution in [0.4, 0.5) is 11.4 Å². The maximum Gasteiger partial charge on any atom is 0.310 e. The van der Waals surface area contributed by atoms with Gasteiger partial charge in [0.1, 0.15) is 0 Å². The number of morpholine rings is 1. The fraction of sp³-hybridized carbons (Fsp3) is 0.619.